The number of carbonyl (C=O) groups is 5. The van der Waals surface area contributed by atoms with Gasteiger partial charge in [-0.15, -0.1) is 10.2 Å². The van der Waals surface area contributed by atoms with Crippen LogP contribution < -0.4 is 43.8 Å². The van der Waals surface area contributed by atoms with Gasteiger partial charge in [0.25, 0.3) is 0 Å². The summed E-state index contributed by atoms with van der Waals surface area (Å²) in [6, 6.07) is 19.6. The van der Waals surface area contributed by atoms with E-state index in [2.05, 4.69) is 47.2 Å². The molecule has 0 fully saturated rings. The monoisotopic (exact) mass is 941 g/mol. The zero-order valence-corrected chi connectivity index (χ0v) is 38.7. The Morgan fingerprint density at radius 3 is 1.51 bits per heavy atom. The number of carbonyl (C=O) groups excluding carboxylic acids is 5. The number of aliphatic hydroxyl groups excluding tert-OH is 2. The summed E-state index contributed by atoms with van der Waals surface area (Å²) in [6.07, 6.45) is 4.45. The Morgan fingerprint density at radius 1 is 0.632 bits per heavy atom. The molecular formula is C46H64N14O8. The molecule has 0 saturated heterocycles. The van der Waals surface area contributed by atoms with Crippen LogP contribution in [0.5, 0.6) is 0 Å². The summed E-state index contributed by atoms with van der Waals surface area (Å²) < 4.78 is 8.31. The molecule has 5 rings (SSSR count). The van der Waals surface area contributed by atoms with Crippen molar-refractivity contribution in [1.29, 1.82) is 0 Å². The van der Waals surface area contributed by atoms with Crippen LogP contribution in [0.2, 0.25) is 0 Å². The predicted octanol–water partition coefficient (Wildman–Crippen LogP) is 4.08. The zero-order valence-electron chi connectivity index (χ0n) is 38.7. The minimum absolute atomic E-state index is 0.0449. The molecular weight excluding hydrogens is 877 g/mol. The smallest absolute Gasteiger partial charge is 0.408 e. The number of nitrogens with zero attached hydrogens (tertiary/aromatic N) is 6. The lowest BCUT2D eigenvalue weighted by atomic mass is 10.0. The molecule has 0 bridgehead atoms. The summed E-state index contributed by atoms with van der Waals surface area (Å²) >= 11 is 0. The molecule has 2 heterocycles. The Morgan fingerprint density at radius 2 is 1.09 bits per heavy atom. The summed E-state index contributed by atoms with van der Waals surface area (Å²) in [5, 5.41) is 48.6. The fraction of sp³-hybridized carbons (Fsp3) is 0.413. The molecule has 0 saturated carbocycles. The molecule has 366 valence electrons. The van der Waals surface area contributed by atoms with Crippen molar-refractivity contribution in [2.75, 3.05) is 23.7 Å². The van der Waals surface area contributed by atoms with E-state index < -0.39 is 36.3 Å². The van der Waals surface area contributed by atoms with Crippen molar-refractivity contribution in [3.8, 4) is 0 Å². The Kier molecular flexibility index (Phi) is 21.3. The van der Waals surface area contributed by atoms with Gasteiger partial charge in [-0.1, -0.05) is 92.7 Å². The van der Waals surface area contributed by atoms with E-state index >= 15 is 0 Å². The first-order valence-corrected chi connectivity index (χ1v) is 22.2. The zero-order chi connectivity index (χ0) is 49.6. The Balaban J connectivity index is 0.000000310. The number of aromatic nitrogens is 6. The van der Waals surface area contributed by atoms with Crippen LogP contribution in [0.15, 0.2) is 91.3 Å². The third kappa shape index (κ3) is 17.4. The summed E-state index contributed by atoms with van der Waals surface area (Å²) in [4.78, 5) is 60.6. The normalized spacial score (nSPS) is 12.7. The SMILES string of the molecule is CC(C)[C@H](N)c1cn([C@@H](CCCNC(N)=O)C(=O)Nc2ccc(CO)cc2)nn1.CC(C)[C@H](NC(=O)OCc1ccccc1)c1cn([C@@H](CCCNC(N)=O)C(=O)Nc2ccc(CO)cc2)nn1. The molecule has 0 aliphatic rings. The van der Waals surface area contributed by atoms with Gasteiger partial charge in [0.2, 0.25) is 11.8 Å². The second-order valence-electron chi connectivity index (χ2n) is 16.5. The van der Waals surface area contributed by atoms with Crippen molar-refractivity contribution >= 4 is 41.3 Å². The highest BCUT2D eigenvalue weighted by atomic mass is 16.5. The molecule has 5 aromatic rings. The van der Waals surface area contributed by atoms with Gasteiger partial charge in [-0.3, -0.25) is 9.59 Å². The molecule has 68 heavy (non-hydrogen) atoms. The van der Waals surface area contributed by atoms with Gasteiger partial charge in [-0.2, -0.15) is 0 Å². The standard InChI is InChI=1S/C27H35N7O5.C19H29N7O3/c1-18(2)24(31-27(38)39-17-20-7-4-3-5-8-20)22-15-34(33-32-22)23(9-6-14-29-26(28)37)25(36)30-21-12-10-19(16-35)11-13-21;1-12(2)17(20)15-10-26(25-24-15)16(4-3-9-22-19(21)29)18(28)23-14-7-5-13(11-27)6-8-14/h3-5,7-8,10-13,15,18,23-24,35H,6,9,14,16-17H2,1-2H3,(H,30,36)(H,31,38)(H3,28,29,37);5-8,10,12,16-17,27H,3-4,9,11,20H2,1-2H3,(H,23,28)(H3,21,22,29)/t23-,24-;16-,17-/m00/s1. The number of hydrogen-bond donors (Lipinski definition) is 10. The number of nitrogens with two attached hydrogens (primary N) is 3. The molecule has 0 aliphatic carbocycles. The number of ether oxygens (including phenoxy) is 1. The number of rotatable bonds is 23. The van der Waals surface area contributed by atoms with E-state index in [-0.39, 0.29) is 56.1 Å². The van der Waals surface area contributed by atoms with Crippen molar-refractivity contribution in [2.45, 2.75) is 97.4 Å². The van der Waals surface area contributed by atoms with Gasteiger partial charge in [0.05, 0.1) is 43.4 Å². The van der Waals surface area contributed by atoms with Crippen LogP contribution in [0.4, 0.5) is 25.8 Å². The van der Waals surface area contributed by atoms with Crippen LogP contribution in [-0.2, 0) is 34.1 Å². The molecule has 0 spiro atoms. The number of aliphatic hydroxyl groups is 2. The predicted molar refractivity (Wildman–Crippen MR) is 253 cm³/mol. The van der Waals surface area contributed by atoms with Crippen LogP contribution in [-0.4, -0.2) is 83.3 Å². The summed E-state index contributed by atoms with van der Waals surface area (Å²) in [7, 11) is 0. The first-order chi connectivity index (χ1) is 32.6. The van der Waals surface area contributed by atoms with Gasteiger partial charge in [0.15, 0.2) is 0 Å². The lowest BCUT2D eigenvalue weighted by molar-refractivity contribution is -0.120. The van der Waals surface area contributed by atoms with E-state index in [9.17, 15) is 29.1 Å². The van der Waals surface area contributed by atoms with Gasteiger partial charge in [-0.05, 0) is 78.5 Å². The average molecular weight is 941 g/mol. The van der Waals surface area contributed by atoms with Crippen LogP contribution in [0.1, 0.15) is 106 Å². The van der Waals surface area contributed by atoms with Crippen LogP contribution in [0, 0.1) is 11.8 Å². The number of benzene rings is 3. The minimum atomic E-state index is -0.753. The molecule has 22 heteroatoms. The number of alkyl carbamates (subject to hydrolysis) is 1. The molecule has 22 nitrogen and oxygen atoms in total. The quantitative estimate of drug-likeness (QED) is 0.0414. The Bertz CT molecular complexity index is 2340. The maximum atomic E-state index is 13.3. The molecule has 0 aliphatic heterocycles. The lowest BCUT2D eigenvalue weighted by Crippen LogP contribution is -2.32. The largest absolute Gasteiger partial charge is 0.445 e. The van der Waals surface area contributed by atoms with Gasteiger partial charge < -0.3 is 58.7 Å². The van der Waals surface area contributed by atoms with Gasteiger partial charge in [-0.25, -0.2) is 23.7 Å². The third-order valence-electron chi connectivity index (χ3n) is 10.5. The minimum Gasteiger partial charge on any atom is -0.445 e. The van der Waals surface area contributed by atoms with Crippen molar-refractivity contribution in [3.63, 3.8) is 0 Å². The Hall–Kier alpha value is -7.43. The number of hydrogen-bond acceptors (Lipinski definition) is 13. The summed E-state index contributed by atoms with van der Waals surface area (Å²) in [6.45, 7) is 8.42. The van der Waals surface area contributed by atoms with Gasteiger partial charge >= 0.3 is 18.2 Å². The third-order valence-corrected chi connectivity index (χ3v) is 10.5. The average Bonchev–Trinajstić information content (AvgIpc) is 4.01. The molecule has 0 unspecified atom stereocenters. The van der Waals surface area contributed by atoms with Crippen LogP contribution in [0.3, 0.4) is 0 Å². The maximum Gasteiger partial charge on any atom is 0.408 e. The molecule has 2 aromatic heterocycles. The van der Waals surface area contributed by atoms with E-state index in [0.717, 1.165) is 16.7 Å². The topological polar surface area (TPSA) is 335 Å². The highest BCUT2D eigenvalue weighted by Gasteiger charge is 2.28. The summed E-state index contributed by atoms with van der Waals surface area (Å²) in [5.74, 6) is -0.470. The van der Waals surface area contributed by atoms with Crippen molar-refractivity contribution < 1.29 is 38.9 Å². The first kappa shape index (κ1) is 53.2. The van der Waals surface area contributed by atoms with Gasteiger partial charge in [0, 0.05) is 24.5 Å². The molecule has 13 N–H and O–H groups in total. The number of urea groups is 2. The van der Waals surface area contributed by atoms with E-state index in [1.807, 2.05) is 58.0 Å². The van der Waals surface area contributed by atoms with Crippen LogP contribution in [0.25, 0.3) is 0 Å². The maximum absolute atomic E-state index is 13.3. The second-order valence-corrected chi connectivity index (χ2v) is 16.5. The van der Waals surface area contributed by atoms with Crippen molar-refractivity contribution in [3.05, 3.63) is 119 Å². The number of primary amides is 2. The van der Waals surface area contributed by atoms with Crippen molar-refractivity contribution in [1.82, 2.24) is 45.9 Å². The van der Waals surface area contributed by atoms with Gasteiger partial charge in [0.1, 0.15) is 24.4 Å². The van der Waals surface area contributed by atoms with Crippen LogP contribution >= 0.6 is 0 Å². The highest BCUT2D eigenvalue weighted by molar-refractivity contribution is 5.94. The number of amides is 7. The highest BCUT2D eigenvalue weighted by Crippen LogP contribution is 2.24. The lowest BCUT2D eigenvalue weighted by Gasteiger charge is -2.20. The molecule has 3 aromatic carbocycles. The van der Waals surface area contributed by atoms with E-state index in [1.165, 1.54) is 9.36 Å². The Labute approximate surface area is 394 Å². The molecule has 7 amide bonds. The number of anilines is 2. The fourth-order valence-corrected chi connectivity index (χ4v) is 6.62. The van der Waals surface area contributed by atoms with E-state index in [0.29, 0.717) is 55.0 Å². The summed E-state index contributed by atoms with van der Waals surface area (Å²) in [5.41, 5.74) is 20.9. The fourth-order valence-electron chi connectivity index (χ4n) is 6.62. The van der Waals surface area contributed by atoms with E-state index in [4.69, 9.17) is 27.0 Å². The van der Waals surface area contributed by atoms with E-state index in [1.54, 1.807) is 60.9 Å². The van der Waals surface area contributed by atoms with Crippen molar-refractivity contribution in [2.24, 2.45) is 29.0 Å². The molecule has 4 atom stereocenters. The number of nitrogens with one attached hydrogen (secondary N) is 5. The second kappa shape index (κ2) is 27.3. The molecule has 0 radical (unpaired) electrons. The first-order valence-electron chi connectivity index (χ1n) is 22.2.